The number of anilines is 2. The average molecular weight is 440 g/mol. The molecule has 0 aliphatic carbocycles. The fraction of sp³-hybridized carbons (Fsp3) is 0.300. The summed E-state index contributed by atoms with van der Waals surface area (Å²) in [5.41, 5.74) is 0.508. The van der Waals surface area contributed by atoms with Crippen LogP contribution in [0.1, 0.15) is 23.0 Å². The normalized spacial score (nSPS) is 16.4. The van der Waals surface area contributed by atoms with Gasteiger partial charge in [0.25, 0.3) is 5.91 Å². The molecule has 1 fully saturated rings. The number of pyridine rings is 1. The molecule has 2 N–H and O–H groups in total. The van der Waals surface area contributed by atoms with Crippen LogP contribution in [-0.2, 0) is 0 Å². The van der Waals surface area contributed by atoms with Gasteiger partial charge in [0.2, 0.25) is 0 Å². The number of hydrogen-bond donors (Lipinski definition) is 2. The second kappa shape index (κ2) is 8.53. The number of imidazole rings is 1. The van der Waals surface area contributed by atoms with E-state index in [0.717, 1.165) is 18.2 Å². The third-order valence-corrected chi connectivity index (χ3v) is 4.88. The largest absolute Gasteiger partial charge is 0.366 e. The van der Waals surface area contributed by atoms with Crippen molar-refractivity contribution >= 4 is 35.3 Å². The van der Waals surface area contributed by atoms with Crippen LogP contribution >= 0.6 is 12.4 Å². The molecular weight excluding hydrogens is 419 g/mol. The summed E-state index contributed by atoms with van der Waals surface area (Å²) in [6, 6.07) is 3.14. The van der Waals surface area contributed by atoms with Gasteiger partial charge in [-0.15, -0.1) is 12.4 Å². The van der Waals surface area contributed by atoms with Crippen molar-refractivity contribution in [1.82, 2.24) is 14.7 Å². The van der Waals surface area contributed by atoms with Crippen LogP contribution in [0.4, 0.5) is 24.5 Å². The van der Waals surface area contributed by atoms with E-state index in [2.05, 4.69) is 15.6 Å². The van der Waals surface area contributed by atoms with E-state index in [1.54, 1.807) is 18.0 Å². The van der Waals surface area contributed by atoms with Crippen molar-refractivity contribution in [2.45, 2.75) is 19.9 Å². The van der Waals surface area contributed by atoms with Gasteiger partial charge in [0, 0.05) is 50.2 Å². The summed E-state index contributed by atoms with van der Waals surface area (Å²) in [7, 11) is 0. The smallest absolute Gasteiger partial charge is 0.258 e. The van der Waals surface area contributed by atoms with E-state index in [0.29, 0.717) is 25.3 Å². The van der Waals surface area contributed by atoms with Crippen molar-refractivity contribution < 1.29 is 18.0 Å². The van der Waals surface area contributed by atoms with Gasteiger partial charge in [0.15, 0.2) is 11.5 Å². The zero-order valence-electron chi connectivity index (χ0n) is 16.4. The van der Waals surface area contributed by atoms with E-state index in [9.17, 15) is 18.0 Å². The molecule has 160 valence electrons. The monoisotopic (exact) mass is 439 g/mol. The van der Waals surface area contributed by atoms with Crippen LogP contribution in [0.3, 0.4) is 0 Å². The molecule has 1 atom stereocenters. The number of nitrogens with one attached hydrogen (secondary N) is 2. The standard InChI is InChI=1S/C20H20F3N5O.ClH/c1-11-8-27(4-3-24-11)18-7-15(21)14(6-16(18)22)20(29)26-13-5-17(23)19-25-12(2)9-28(19)10-13;/h5-7,9-11,24H,3-4,8H2,1-2H3,(H,26,29);1H. The molecule has 4 rings (SSSR count). The van der Waals surface area contributed by atoms with Gasteiger partial charge in [-0.1, -0.05) is 0 Å². The molecule has 3 aromatic rings. The van der Waals surface area contributed by atoms with Crippen molar-refractivity contribution in [3.8, 4) is 0 Å². The lowest BCUT2D eigenvalue weighted by molar-refractivity contribution is 0.102. The number of aromatic nitrogens is 2. The van der Waals surface area contributed by atoms with Gasteiger partial charge in [-0.2, -0.15) is 0 Å². The van der Waals surface area contributed by atoms with Crippen LogP contribution in [-0.4, -0.2) is 41.0 Å². The zero-order chi connectivity index (χ0) is 20.7. The molecule has 30 heavy (non-hydrogen) atoms. The van der Waals surface area contributed by atoms with Gasteiger partial charge < -0.3 is 19.9 Å². The molecule has 1 aliphatic rings. The van der Waals surface area contributed by atoms with E-state index in [4.69, 9.17) is 0 Å². The number of halogens is 4. The molecule has 1 aromatic carbocycles. The van der Waals surface area contributed by atoms with Crippen LogP contribution in [0.2, 0.25) is 0 Å². The minimum absolute atomic E-state index is 0. The first-order valence-electron chi connectivity index (χ1n) is 9.25. The Hall–Kier alpha value is -2.78. The molecular formula is C20H21ClF3N5O. The van der Waals surface area contributed by atoms with Gasteiger partial charge in [-0.3, -0.25) is 4.79 Å². The van der Waals surface area contributed by atoms with Crippen molar-refractivity contribution in [2.24, 2.45) is 0 Å². The van der Waals surface area contributed by atoms with Gasteiger partial charge in [0.1, 0.15) is 11.6 Å². The number of hydrogen-bond acceptors (Lipinski definition) is 4. The van der Waals surface area contributed by atoms with E-state index in [1.165, 1.54) is 10.6 Å². The van der Waals surface area contributed by atoms with Crippen LogP contribution in [0.25, 0.3) is 5.65 Å². The zero-order valence-corrected chi connectivity index (χ0v) is 17.2. The number of fused-ring (bicyclic) bond motifs is 1. The first kappa shape index (κ1) is 21.9. The van der Waals surface area contributed by atoms with Crippen molar-refractivity contribution in [2.75, 3.05) is 29.9 Å². The minimum Gasteiger partial charge on any atom is -0.366 e. The molecule has 0 bridgehead atoms. The lowest BCUT2D eigenvalue weighted by atomic mass is 10.1. The number of carbonyl (C=O) groups excluding carboxylic acids is 1. The Labute approximate surface area is 177 Å². The second-order valence-electron chi connectivity index (χ2n) is 7.23. The maximum atomic E-state index is 14.6. The number of benzene rings is 1. The van der Waals surface area contributed by atoms with Crippen LogP contribution < -0.4 is 15.5 Å². The highest BCUT2D eigenvalue weighted by Gasteiger charge is 2.23. The molecule has 3 heterocycles. The predicted octanol–water partition coefficient (Wildman–Crippen LogP) is 3.53. The lowest BCUT2D eigenvalue weighted by Gasteiger charge is -2.33. The number of aryl methyl sites for hydroxylation is 1. The van der Waals surface area contributed by atoms with Crippen molar-refractivity contribution in [3.63, 3.8) is 0 Å². The fourth-order valence-corrected chi connectivity index (χ4v) is 3.55. The van der Waals surface area contributed by atoms with Crippen molar-refractivity contribution in [1.29, 1.82) is 0 Å². The molecule has 6 nitrogen and oxygen atoms in total. The van der Waals surface area contributed by atoms with E-state index < -0.39 is 28.9 Å². The molecule has 0 spiro atoms. The first-order valence-corrected chi connectivity index (χ1v) is 9.25. The van der Waals surface area contributed by atoms with E-state index >= 15 is 0 Å². The SMILES string of the molecule is Cc1cn2cc(NC(=O)c3cc(F)c(N4CCNC(C)C4)cc3F)cc(F)c2n1.Cl. The summed E-state index contributed by atoms with van der Waals surface area (Å²) in [6.07, 6.45) is 3.05. The molecule has 1 unspecified atom stereocenters. The van der Waals surface area contributed by atoms with E-state index in [-0.39, 0.29) is 35.5 Å². The highest BCUT2D eigenvalue weighted by Crippen LogP contribution is 2.25. The molecule has 10 heteroatoms. The maximum Gasteiger partial charge on any atom is 0.258 e. The maximum absolute atomic E-state index is 14.6. The molecule has 0 saturated carbocycles. The Balaban J connectivity index is 0.00000256. The van der Waals surface area contributed by atoms with Gasteiger partial charge in [-0.25, -0.2) is 18.2 Å². The molecule has 2 aromatic heterocycles. The van der Waals surface area contributed by atoms with Gasteiger partial charge in [0.05, 0.1) is 22.6 Å². The topological polar surface area (TPSA) is 61.7 Å². The third-order valence-electron chi connectivity index (χ3n) is 4.88. The summed E-state index contributed by atoms with van der Waals surface area (Å²) in [4.78, 5) is 18.3. The summed E-state index contributed by atoms with van der Waals surface area (Å²) in [5, 5.41) is 5.65. The first-order chi connectivity index (χ1) is 13.8. The Morgan fingerprint density at radius 3 is 2.67 bits per heavy atom. The van der Waals surface area contributed by atoms with Gasteiger partial charge in [-0.05, 0) is 19.9 Å². The molecule has 1 aliphatic heterocycles. The third kappa shape index (κ3) is 4.22. The Morgan fingerprint density at radius 2 is 1.93 bits per heavy atom. The van der Waals surface area contributed by atoms with Crippen LogP contribution in [0.5, 0.6) is 0 Å². The van der Waals surface area contributed by atoms with Gasteiger partial charge >= 0.3 is 0 Å². The number of piperazine rings is 1. The average Bonchev–Trinajstić information content (AvgIpc) is 3.04. The molecule has 0 radical (unpaired) electrons. The lowest BCUT2D eigenvalue weighted by Crippen LogP contribution is -2.49. The number of rotatable bonds is 3. The molecule has 1 saturated heterocycles. The highest BCUT2D eigenvalue weighted by atomic mass is 35.5. The predicted molar refractivity (Wildman–Crippen MR) is 111 cm³/mol. The number of carbonyl (C=O) groups is 1. The molecule has 1 amide bonds. The Morgan fingerprint density at radius 1 is 1.17 bits per heavy atom. The van der Waals surface area contributed by atoms with E-state index in [1.807, 2.05) is 6.92 Å². The Kier molecular flexibility index (Phi) is 6.23. The second-order valence-corrected chi connectivity index (χ2v) is 7.23. The number of amides is 1. The number of nitrogens with zero attached hydrogens (tertiary/aromatic N) is 3. The summed E-state index contributed by atoms with van der Waals surface area (Å²) < 4.78 is 44.8. The van der Waals surface area contributed by atoms with Crippen molar-refractivity contribution in [3.05, 3.63) is 59.3 Å². The van der Waals surface area contributed by atoms with Crippen LogP contribution in [0, 0.1) is 24.4 Å². The van der Waals surface area contributed by atoms with Crippen LogP contribution in [0.15, 0.2) is 30.6 Å². The summed E-state index contributed by atoms with van der Waals surface area (Å²) >= 11 is 0. The summed E-state index contributed by atoms with van der Waals surface area (Å²) in [6.45, 7) is 5.40. The summed E-state index contributed by atoms with van der Waals surface area (Å²) in [5.74, 6) is -3.02. The highest BCUT2D eigenvalue weighted by molar-refractivity contribution is 6.04. The quantitative estimate of drug-likeness (QED) is 0.655. The Bertz CT molecular complexity index is 1100. The fourth-order valence-electron chi connectivity index (χ4n) is 3.55. The minimum atomic E-state index is -0.864.